The molecule has 0 radical (unpaired) electrons. The largest absolute Gasteiger partial charge is 0.496 e. The van der Waals surface area contributed by atoms with Crippen molar-refractivity contribution >= 4 is 23.9 Å². The third-order valence-electron chi connectivity index (χ3n) is 4.27. The molecule has 0 spiro atoms. The number of carboxylic acids is 1. The molecule has 0 fully saturated rings. The molecule has 0 saturated heterocycles. The fraction of sp³-hybridized carbons (Fsp3) is 0.261. The van der Waals surface area contributed by atoms with Crippen LogP contribution < -0.4 is 15.4 Å². The molecule has 2 aromatic carbocycles. The van der Waals surface area contributed by atoms with E-state index in [4.69, 9.17) is 4.74 Å². The predicted octanol–water partition coefficient (Wildman–Crippen LogP) is 3.08. The van der Waals surface area contributed by atoms with E-state index >= 15 is 0 Å². The number of rotatable bonds is 9. The standard InChI is InChI=1S/C23H26N2O5/c1-15(2)13-19(23(28)29)25-22(27)18(14-16-9-5-4-6-10-16)24-21(26)17-11-7-8-12-20(17)30-3/h4-12,14-15,19H,13H2,1-3H3,(H,24,26)(H,25,27)(H,28,29)/b18-14+/t19-/m0/s1. The lowest BCUT2D eigenvalue weighted by molar-refractivity contribution is -0.141. The highest BCUT2D eigenvalue weighted by molar-refractivity contribution is 6.07. The fourth-order valence-electron chi connectivity index (χ4n) is 2.83. The number of amides is 2. The Balaban J connectivity index is 2.33. The number of ether oxygens (including phenoxy) is 1. The quantitative estimate of drug-likeness (QED) is 0.551. The van der Waals surface area contributed by atoms with Gasteiger partial charge in [-0.2, -0.15) is 0 Å². The summed E-state index contributed by atoms with van der Waals surface area (Å²) in [5, 5.41) is 14.5. The SMILES string of the molecule is COc1ccccc1C(=O)N/C(=C/c1ccccc1)C(=O)N[C@@H](CC(C)C)C(=O)O. The third kappa shape index (κ3) is 6.48. The third-order valence-corrected chi connectivity index (χ3v) is 4.27. The van der Waals surface area contributed by atoms with E-state index in [9.17, 15) is 19.5 Å². The minimum atomic E-state index is -1.13. The van der Waals surface area contributed by atoms with Gasteiger partial charge in [0.1, 0.15) is 17.5 Å². The summed E-state index contributed by atoms with van der Waals surface area (Å²) in [6, 6.07) is 14.5. The van der Waals surface area contributed by atoms with E-state index in [0.717, 1.165) is 0 Å². The number of hydrogen-bond acceptors (Lipinski definition) is 4. The molecule has 0 aromatic heterocycles. The first-order chi connectivity index (χ1) is 14.3. The molecular weight excluding hydrogens is 384 g/mol. The van der Waals surface area contributed by atoms with Crippen LogP contribution in [0.5, 0.6) is 5.75 Å². The molecule has 30 heavy (non-hydrogen) atoms. The normalized spacial score (nSPS) is 12.2. The maximum atomic E-state index is 12.9. The van der Waals surface area contributed by atoms with Crippen LogP contribution in [0.15, 0.2) is 60.3 Å². The average Bonchev–Trinajstić information content (AvgIpc) is 2.72. The van der Waals surface area contributed by atoms with Gasteiger partial charge in [-0.05, 0) is 36.1 Å². The van der Waals surface area contributed by atoms with Crippen LogP contribution in [0.25, 0.3) is 6.08 Å². The molecule has 0 saturated carbocycles. The molecule has 0 aliphatic carbocycles. The summed E-state index contributed by atoms with van der Waals surface area (Å²) in [5.74, 6) is -1.93. The van der Waals surface area contributed by atoms with Crippen LogP contribution in [0.1, 0.15) is 36.2 Å². The number of carboxylic acid groups (broad SMARTS) is 1. The molecule has 7 nitrogen and oxygen atoms in total. The van der Waals surface area contributed by atoms with E-state index in [1.165, 1.54) is 13.2 Å². The molecule has 0 aliphatic rings. The molecule has 2 aromatic rings. The van der Waals surface area contributed by atoms with E-state index in [1.54, 1.807) is 48.5 Å². The van der Waals surface area contributed by atoms with Crippen molar-refractivity contribution in [3.63, 3.8) is 0 Å². The maximum absolute atomic E-state index is 12.9. The van der Waals surface area contributed by atoms with Crippen LogP contribution >= 0.6 is 0 Å². The summed E-state index contributed by atoms with van der Waals surface area (Å²) in [7, 11) is 1.45. The van der Waals surface area contributed by atoms with Gasteiger partial charge < -0.3 is 20.5 Å². The maximum Gasteiger partial charge on any atom is 0.326 e. The lowest BCUT2D eigenvalue weighted by Gasteiger charge is -2.18. The Hall–Kier alpha value is -3.61. The highest BCUT2D eigenvalue weighted by Gasteiger charge is 2.24. The van der Waals surface area contributed by atoms with Gasteiger partial charge in [0.25, 0.3) is 11.8 Å². The molecular formula is C23H26N2O5. The monoisotopic (exact) mass is 410 g/mol. The Morgan fingerprint density at radius 2 is 1.67 bits per heavy atom. The highest BCUT2D eigenvalue weighted by Crippen LogP contribution is 2.18. The Morgan fingerprint density at radius 3 is 2.27 bits per heavy atom. The smallest absolute Gasteiger partial charge is 0.326 e. The van der Waals surface area contributed by atoms with E-state index in [2.05, 4.69) is 10.6 Å². The fourth-order valence-corrected chi connectivity index (χ4v) is 2.83. The second-order valence-electron chi connectivity index (χ2n) is 7.12. The number of methoxy groups -OCH3 is 1. The lowest BCUT2D eigenvalue weighted by atomic mass is 10.0. The summed E-state index contributed by atoms with van der Waals surface area (Å²) in [6.45, 7) is 3.73. The first kappa shape index (κ1) is 22.7. The van der Waals surface area contributed by atoms with Crippen molar-refractivity contribution in [2.75, 3.05) is 7.11 Å². The minimum absolute atomic E-state index is 0.0629. The van der Waals surface area contributed by atoms with Crippen molar-refractivity contribution < 1.29 is 24.2 Å². The zero-order chi connectivity index (χ0) is 22.1. The van der Waals surface area contributed by atoms with Crippen LogP contribution in [0, 0.1) is 5.92 Å². The molecule has 2 amide bonds. The number of para-hydroxylation sites is 1. The number of hydrogen-bond donors (Lipinski definition) is 3. The van der Waals surface area contributed by atoms with Crippen molar-refractivity contribution in [3.05, 3.63) is 71.4 Å². The number of carbonyl (C=O) groups is 3. The van der Waals surface area contributed by atoms with Crippen LogP contribution in [0.4, 0.5) is 0 Å². The summed E-state index contributed by atoms with van der Waals surface area (Å²) in [4.78, 5) is 37.2. The van der Waals surface area contributed by atoms with Crippen molar-refractivity contribution in [2.45, 2.75) is 26.3 Å². The van der Waals surface area contributed by atoms with Gasteiger partial charge in [0.05, 0.1) is 12.7 Å². The van der Waals surface area contributed by atoms with Crippen LogP contribution in [-0.4, -0.2) is 36.0 Å². The van der Waals surface area contributed by atoms with Gasteiger partial charge in [0.2, 0.25) is 0 Å². The minimum Gasteiger partial charge on any atom is -0.496 e. The second-order valence-corrected chi connectivity index (χ2v) is 7.12. The summed E-state index contributed by atoms with van der Waals surface area (Å²) in [5.41, 5.74) is 0.870. The molecule has 7 heteroatoms. The van der Waals surface area contributed by atoms with Gasteiger partial charge in [0, 0.05) is 0 Å². The molecule has 0 unspecified atom stereocenters. The van der Waals surface area contributed by atoms with E-state index in [0.29, 0.717) is 11.3 Å². The average molecular weight is 410 g/mol. The summed E-state index contributed by atoms with van der Waals surface area (Å²) in [6.07, 6.45) is 1.76. The summed E-state index contributed by atoms with van der Waals surface area (Å²) < 4.78 is 5.21. The second kappa shape index (κ2) is 10.8. The molecule has 158 valence electrons. The van der Waals surface area contributed by atoms with Crippen molar-refractivity contribution in [1.29, 1.82) is 0 Å². The molecule has 0 heterocycles. The topological polar surface area (TPSA) is 105 Å². The molecule has 3 N–H and O–H groups in total. The zero-order valence-corrected chi connectivity index (χ0v) is 17.2. The first-order valence-electron chi connectivity index (χ1n) is 9.56. The number of benzene rings is 2. The zero-order valence-electron chi connectivity index (χ0n) is 17.2. The molecule has 2 rings (SSSR count). The molecule has 1 atom stereocenters. The lowest BCUT2D eigenvalue weighted by Crippen LogP contribution is -2.45. The van der Waals surface area contributed by atoms with E-state index in [-0.39, 0.29) is 23.6 Å². The molecule has 0 bridgehead atoms. The predicted molar refractivity (Wildman–Crippen MR) is 114 cm³/mol. The van der Waals surface area contributed by atoms with Crippen molar-refractivity contribution in [2.24, 2.45) is 5.92 Å². The van der Waals surface area contributed by atoms with Gasteiger partial charge in [0.15, 0.2) is 0 Å². The first-order valence-corrected chi connectivity index (χ1v) is 9.56. The van der Waals surface area contributed by atoms with Crippen LogP contribution in [0.3, 0.4) is 0 Å². The van der Waals surface area contributed by atoms with Gasteiger partial charge in [-0.15, -0.1) is 0 Å². The number of aliphatic carboxylic acids is 1. The van der Waals surface area contributed by atoms with E-state index in [1.807, 2.05) is 19.9 Å². The Bertz CT molecular complexity index is 922. The van der Waals surface area contributed by atoms with Crippen LogP contribution in [0.2, 0.25) is 0 Å². The molecule has 0 aliphatic heterocycles. The van der Waals surface area contributed by atoms with Gasteiger partial charge in [-0.1, -0.05) is 56.3 Å². The van der Waals surface area contributed by atoms with Crippen LogP contribution in [-0.2, 0) is 9.59 Å². The van der Waals surface area contributed by atoms with E-state index < -0.39 is 23.8 Å². The highest BCUT2D eigenvalue weighted by atomic mass is 16.5. The Kier molecular flexibility index (Phi) is 8.17. The number of nitrogens with one attached hydrogen (secondary N) is 2. The Morgan fingerprint density at radius 1 is 1.03 bits per heavy atom. The van der Waals surface area contributed by atoms with Gasteiger partial charge in [-0.25, -0.2) is 4.79 Å². The summed E-state index contributed by atoms with van der Waals surface area (Å²) >= 11 is 0. The van der Waals surface area contributed by atoms with Gasteiger partial charge in [-0.3, -0.25) is 9.59 Å². The van der Waals surface area contributed by atoms with Crippen molar-refractivity contribution in [1.82, 2.24) is 10.6 Å². The van der Waals surface area contributed by atoms with Gasteiger partial charge >= 0.3 is 5.97 Å². The number of carbonyl (C=O) groups excluding carboxylic acids is 2. The van der Waals surface area contributed by atoms with Crippen molar-refractivity contribution in [3.8, 4) is 5.75 Å². The Labute approximate surface area is 175 Å².